The number of thiocarbonyl (C=S) groups is 1. The van der Waals surface area contributed by atoms with Gasteiger partial charge in [0.05, 0.1) is 14.2 Å². The normalized spacial score (nSPS) is 15.0. The highest BCUT2D eigenvalue weighted by Gasteiger charge is 2.17. The van der Waals surface area contributed by atoms with Gasteiger partial charge in [-0.1, -0.05) is 68.5 Å². The van der Waals surface area contributed by atoms with Crippen molar-refractivity contribution in [2.75, 3.05) is 14.2 Å². The van der Waals surface area contributed by atoms with E-state index in [9.17, 15) is 0 Å². The SMILES string of the molecule is COc1ccc(CN(Cc2ccccc2)C(=S)NC2CCCCCCC2)cc1OC. The summed E-state index contributed by atoms with van der Waals surface area (Å²) in [4.78, 5) is 2.25. The van der Waals surface area contributed by atoms with Gasteiger partial charge in [0.15, 0.2) is 16.6 Å². The molecule has 0 amide bonds. The molecule has 2 aromatic carbocycles. The number of nitrogens with one attached hydrogen (secondary N) is 1. The van der Waals surface area contributed by atoms with Crippen molar-refractivity contribution in [3.63, 3.8) is 0 Å². The summed E-state index contributed by atoms with van der Waals surface area (Å²) in [7, 11) is 3.33. The molecule has 162 valence electrons. The zero-order valence-electron chi connectivity index (χ0n) is 18.2. The van der Waals surface area contributed by atoms with Crippen LogP contribution in [0.25, 0.3) is 0 Å². The van der Waals surface area contributed by atoms with Gasteiger partial charge in [-0.15, -0.1) is 0 Å². The van der Waals surface area contributed by atoms with E-state index in [0.717, 1.165) is 28.7 Å². The number of methoxy groups -OCH3 is 2. The number of hydrogen-bond acceptors (Lipinski definition) is 3. The minimum atomic E-state index is 0.474. The molecule has 0 unspecified atom stereocenters. The molecule has 1 aliphatic rings. The van der Waals surface area contributed by atoms with Crippen molar-refractivity contribution in [2.45, 2.75) is 64.1 Å². The second-order valence-corrected chi connectivity index (χ2v) is 8.41. The predicted octanol–water partition coefficient (Wildman–Crippen LogP) is 5.69. The van der Waals surface area contributed by atoms with E-state index in [2.05, 4.69) is 40.5 Å². The van der Waals surface area contributed by atoms with Gasteiger partial charge in [-0.3, -0.25) is 0 Å². The number of rotatable bonds is 7. The first kappa shape index (κ1) is 22.4. The van der Waals surface area contributed by atoms with E-state index in [-0.39, 0.29) is 0 Å². The summed E-state index contributed by atoms with van der Waals surface area (Å²) in [5.41, 5.74) is 2.39. The standard InChI is InChI=1S/C25H34N2O2S/c1-28-23-16-15-21(17-24(23)29-2)19-27(18-20-11-7-6-8-12-20)25(30)26-22-13-9-4-3-5-10-14-22/h6-8,11-12,15-17,22H,3-5,9-10,13-14,18-19H2,1-2H3,(H,26,30). The van der Waals surface area contributed by atoms with Crippen LogP contribution in [0.2, 0.25) is 0 Å². The topological polar surface area (TPSA) is 33.7 Å². The lowest BCUT2D eigenvalue weighted by molar-refractivity contribution is 0.350. The summed E-state index contributed by atoms with van der Waals surface area (Å²) in [5, 5.41) is 4.51. The lowest BCUT2D eigenvalue weighted by Crippen LogP contribution is -2.44. The highest BCUT2D eigenvalue weighted by molar-refractivity contribution is 7.80. The molecule has 0 saturated heterocycles. The molecule has 30 heavy (non-hydrogen) atoms. The number of hydrogen-bond donors (Lipinski definition) is 1. The first-order chi connectivity index (χ1) is 14.7. The van der Waals surface area contributed by atoms with Gasteiger partial charge in [-0.05, 0) is 48.3 Å². The highest BCUT2D eigenvalue weighted by Crippen LogP contribution is 2.28. The van der Waals surface area contributed by atoms with Crippen molar-refractivity contribution < 1.29 is 9.47 Å². The molecule has 1 saturated carbocycles. The van der Waals surface area contributed by atoms with Gasteiger partial charge < -0.3 is 19.7 Å². The van der Waals surface area contributed by atoms with E-state index in [4.69, 9.17) is 21.7 Å². The molecular weight excluding hydrogens is 392 g/mol. The first-order valence-electron chi connectivity index (χ1n) is 11.0. The molecule has 2 aromatic rings. The second kappa shape index (κ2) is 11.8. The quantitative estimate of drug-likeness (QED) is 0.575. The van der Waals surface area contributed by atoms with Crippen molar-refractivity contribution >= 4 is 17.3 Å². The van der Waals surface area contributed by atoms with Crippen molar-refractivity contribution in [3.8, 4) is 11.5 Å². The largest absolute Gasteiger partial charge is 0.493 e. The van der Waals surface area contributed by atoms with E-state index in [1.807, 2.05) is 18.2 Å². The molecular formula is C25H34N2O2S. The van der Waals surface area contributed by atoms with Crippen LogP contribution < -0.4 is 14.8 Å². The van der Waals surface area contributed by atoms with Gasteiger partial charge in [-0.2, -0.15) is 0 Å². The van der Waals surface area contributed by atoms with Crippen LogP contribution >= 0.6 is 12.2 Å². The van der Waals surface area contributed by atoms with Crippen LogP contribution in [0.4, 0.5) is 0 Å². The van der Waals surface area contributed by atoms with E-state index in [1.165, 1.54) is 50.5 Å². The Bertz CT molecular complexity index is 789. The van der Waals surface area contributed by atoms with E-state index < -0.39 is 0 Å². The molecule has 5 heteroatoms. The Morgan fingerprint density at radius 2 is 1.50 bits per heavy atom. The molecule has 0 aliphatic heterocycles. The Balaban J connectivity index is 1.74. The molecule has 0 radical (unpaired) electrons. The zero-order chi connectivity index (χ0) is 21.2. The van der Waals surface area contributed by atoms with Gasteiger partial charge in [0.25, 0.3) is 0 Å². The van der Waals surface area contributed by atoms with Crippen LogP contribution in [0.1, 0.15) is 56.1 Å². The maximum atomic E-state index is 5.90. The third-order valence-electron chi connectivity index (χ3n) is 5.76. The van der Waals surface area contributed by atoms with Crippen LogP contribution in [0.5, 0.6) is 11.5 Å². The van der Waals surface area contributed by atoms with Crippen LogP contribution in [-0.2, 0) is 13.1 Å². The molecule has 3 rings (SSSR count). The summed E-state index contributed by atoms with van der Waals surface area (Å²) in [6.07, 6.45) is 9.03. The van der Waals surface area contributed by atoms with Crippen LogP contribution in [0.15, 0.2) is 48.5 Å². The molecule has 4 nitrogen and oxygen atoms in total. The van der Waals surface area contributed by atoms with Gasteiger partial charge >= 0.3 is 0 Å². The van der Waals surface area contributed by atoms with Crippen molar-refractivity contribution in [2.24, 2.45) is 0 Å². The fraction of sp³-hybridized carbons (Fsp3) is 0.480. The van der Waals surface area contributed by atoms with E-state index in [1.54, 1.807) is 14.2 Å². The molecule has 0 spiro atoms. The van der Waals surface area contributed by atoms with Gasteiger partial charge in [0.1, 0.15) is 0 Å². The second-order valence-electron chi connectivity index (χ2n) is 8.02. The monoisotopic (exact) mass is 426 g/mol. The van der Waals surface area contributed by atoms with Crippen molar-refractivity contribution in [3.05, 3.63) is 59.7 Å². The Morgan fingerprint density at radius 3 is 2.17 bits per heavy atom. The van der Waals surface area contributed by atoms with Crippen LogP contribution in [-0.4, -0.2) is 30.3 Å². The Kier molecular flexibility index (Phi) is 8.81. The maximum Gasteiger partial charge on any atom is 0.169 e. The smallest absolute Gasteiger partial charge is 0.169 e. The summed E-state index contributed by atoms with van der Waals surface area (Å²) >= 11 is 5.90. The maximum absolute atomic E-state index is 5.90. The van der Waals surface area contributed by atoms with Crippen LogP contribution in [0.3, 0.4) is 0 Å². The van der Waals surface area contributed by atoms with Crippen LogP contribution in [0, 0.1) is 0 Å². The van der Waals surface area contributed by atoms with E-state index in [0.29, 0.717) is 12.6 Å². The van der Waals surface area contributed by atoms with Gasteiger partial charge in [0, 0.05) is 19.1 Å². The third kappa shape index (κ3) is 6.63. The number of benzene rings is 2. The van der Waals surface area contributed by atoms with E-state index >= 15 is 0 Å². The van der Waals surface area contributed by atoms with Gasteiger partial charge in [0.2, 0.25) is 0 Å². The lowest BCUT2D eigenvalue weighted by atomic mass is 9.97. The average Bonchev–Trinajstić information content (AvgIpc) is 2.75. The Morgan fingerprint density at radius 1 is 0.867 bits per heavy atom. The average molecular weight is 427 g/mol. The number of ether oxygens (including phenoxy) is 2. The summed E-state index contributed by atoms with van der Waals surface area (Å²) in [6.45, 7) is 1.49. The third-order valence-corrected chi connectivity index (χ3v) is 6.13. The molecule has 1 fully saturated rings. The molecule has 0 heterocycles. The summed E-state index contributed by atoms with van der Waals surface area (Å²) in [6, 6.07) is 17.1. The lowest BCUT2D eigenvalue weighted by Gasteiger charge is -2.30. The summed E-state index contributed by atoms with van der Waals surface area (Å²) in [5.74, 6) is 1.49. The minimum Gasteiger partial charge on any atom is -0.493 e. The zero-order valence-corrected chi connectivity index (χ0v) is 19.0. The molecule has 0 aromatic heterocycles. The fourth-order valence-corrected chi connectivity index (χ4v) is 4.36. The minimum absolute atomic E-state index is 0.474. The Hall–Kier alpha value is -2.27. The Labute approximate surface area is 186 Å². The number of nitrogens with zero attached hydrogens (tertiary/aromatic N) is 1. The molecule has 0 atom stereocenters. The summed E-state index contributed by atoms with van der Waals surface area (Å²) < 4.78 is 10.9. The molecule has 0 bridgehead atoms. The fourth-order valence-electron chi connectivity index (χ4n) is 4.07. The predicted molar refractivity (Wildman–Crippen MR) is 127 cm³/mol. The first-order valence-corrected chi connectivity index (χ1v) is 11.4. The van der Waals surface area contributed by atoms with Crippen molar-refractivity contribution in [1.29, 1.82) is 0 Å². The molecule has 1 N–H and O–H groups in total. The highest BCUT2D eigenvalue weighted by atomic mass is 32.1. The van der Waals surface area contributed by atoms with Crippen molar-refractivity contribution in [1.82, 2.24) is 10.2 Å². The van der Waals surface area contributed by atoms with Gasteiger partial charge in [-0.25, -0.2) is 0 Å². The molecule has 1 aliphatic carbocycles.